The number of hydrogen-bond acceptors (Lipinski definition) is 6. The molecule has 0 aliphatic rings. The van der Waals surface area contributed by atoms with Crippen LogP contribution in [0, 0.1) is 0 Å². The summed E-state index contributed by atoms with van der Waals surface area (Å²) in [5.41, 5.74) is 6.78. The van der Waals surface area contributed by atoms with Gasteiger partial charge in [0.15, 0.2) is 0 Å². The Balaban J connectivity index is 2.13. The fraction of sp³-hybridized carbons (Fsp3) is 0.909. The van der Waals surface area contributed by atoms with Crippen molar-refractivity contribution >= 4 is 5.97 Å². The highest BCUT2D eigenvalue weighted by Crippen LogP contribution is 2.15. The second-order valence-electron chi connectivity index (χ2n) is 15.4. The van der Waals surface area contributed by atoms with E-state index in [1.54, 1.807) is 12.5 Å². The van der Waals surface area contributed by atoms with E-state index < -0.39 is 12.0 Å². The van der Waals surface area contributed by atoms with Crippen molar-refractivity contribution in [3.05, 3.63) is 18.2 Å². The molecule has 0 bridgehead atoms. The number of unbranched alkanes of at least 4 members (excludes halogenated alkanes) is 27. The molecule has 1 unspecified atom stereocenters. The molecular weight excluding hydrogens is 633 g/mol. The van der Waals surface area contributed by atoms with Crippen molar-refractivity contribution < 1.29 is 14.3 Å². The molecule has 1 aromatic rings. The van der Waals surface area contributed by atoms with Gasteiger partial charge < -0.3 is 25.1 Å². The van der Waals surface area contributed by atoms with Crippen LogP contribution < -0.4 is 5.73 Å². The number of nitrogens with zero attached hydrogens (tertiary/aromatic N) is 2. The van der Waals surface area contributed by atoms with Crippen LogP contribution in [0.3, 0.4) is 0 Å². The average molecular weight is 719 g/mol. The van der Waals surface area contributed by atoms with E-state index in [2.05, 4.69) is 28.7 Å². The van der Waals surface area contributed by atoms with Crippen LogP contribution in [0.2, 0.25) is 0 Å². The topological polar surface area (TPSA) is 93.5 Å². The Bertz CT molecular complexity index is 789. The molecule has 0 radical (unpaired) electrons. The fourth-order valence-corrected chi connectivity index (χ4v) is 7.06. The lowest BCUT2D eigenvalue weighted by Gasteiger charge is -2.22. The SMILES string of the molecule is CCCCCCCCCCCCCCCCN(CCCCCCCCCCCCCCCC)CCCCOCCOC(=O)C(N)Cc1cnc[nH]1. The minimum absolute atomic E-state index is 0.250. The van der Waals surface area contributed by atoms with Gasteiger partial charge >= 0.3 is 5.97 Å². The molecule has 7 heteroatoms. The maximum Gasteiger partial charge on any atom is 0.323 e. The monoisotopic (exact) mass is 719 g/mol. The highest BCUT2D eigenvalue weighted by atomic mass is 16.6. The van der Waals surface area contributed by atoms with Crippen LogP contribution in [0.25, 0.3) is 0 Å². The van der Waals surface area contributed by atoms with E-state index in [-0.39, 0.29) is 6.61 Å². The summed E-state index contributed by atoms with van der Waals surface area (Å²) in [4.78, 5) is 21.8. The molecule has 0 spiro atoms. The molecule has 0 aliphatic carbocycles. The molecule has 300 valence electrons. The Hall–Kier alpha value is -1.44. The number of ether oxygens (including phenoxy) is 2. The van der Waals surface area contributed by atoms with Crippen LogP contribution in [0.4, 0.5) is 0 Å². The Morgan fingerprint density at radius 3 is 1.37 bits per heavy atom. The summed E-state index contributed by atoms with van der Waals surface area (Å²) in [5, 5.41) is 0. The number of carbonyl (C=O) groups is 1. The molecule has 1 heterocycles. The van der Waals surface area contributed by atoms with Gasteiger partial charge in [-0.25, -0.2) is 4.98 Å². The lowest BCUT2D eigenvalue weighted by atomic mass is 10.0. The van der Waals surface area contributed by atoms with Gasteiger partial charge in [-0.15, -0.1) is 0 Å². The number of H-pyrrole nitrogens is 1. The average Bonchev–Trinajstić information content (AvgIpc) is 3.65. The van der Waals surface area contributed by atoms with Crippen LogP contribution in [-0.4, -0.2) is 66.3 Å². The van der Waals surface area contributed by atoms with E-state index in [1.165, 1.54) is 193 Å². The number of esters is 1. The Morgan fingerprint density at radius 1 is 0.588 bits per heavy atom. The minimum Gasteiger partial charge on any atom is -0.462 e. The summed E-state index contributed by atoms with van der Waals surface area (Å²) in [6.07, 6.45) is 45.5. The Morgan fingerprint density at radius 2 is 0.980 bits per heavy atom. The number of carbonyl (C=O) groups excluding carboxylic acids is 1. The van der Waals surface area contributed by atoms with Crippen molar-refractivity contribution in [2.24, 2.45) is 5.73 Å². The summed E-state index contributed by atoms with van der Waals surface area (Å²) >= 11 is 0. The van der Waals surface area contributed by atoms with Crippen molar-refractivity contribution in [1.82, 2.24) is 14.9 Å². The van der Waals surface area contributed by atoms with Gasteiger partial charge in [0.2, 0.25) is 0 Å². The van der Waals surface area contributed by atoms with Crippen LogP contribution in [0.15, 0.2) is 12.5 Å². The first-order chi connectivity index (χ1) is 25.2. The predicted molar refractivity (Wildman–Crippen MR) is 218 cm³/mol. The summed E-state index contributed by atoms with van der Waals surface area (Å²) < 4.78 is 11.1. The number of nitrogens with one attached hydrogen (secondary N) is 1. The van der Waals surface area contributed by atoms with E-state index in [0.717, 1.165) is 25.1 Å². The molecule has 0 saturated carbocycles. The van der Waals surface area contributed by atoms with E-state index in [4.69, 9.17) is 15.2 Å². The number of rotatable bonds is 41. The summed E-state index contributed by atoms with van der Waals surface area (Å²) in [6.45, 7) is 9.63. The lowest BCUT2D eigenvalue weighted by Crippen LogP contribution is -2.35. The third kappa shape index (κ3) is 32.9. The normalized spacial score (nSPS) is 12.2. The van der Waals surface area contributed by atoms with Crippen LogP contribution in [-0.2, 0) is 20.7 Å². The molecule has 1 rings (SSSR count). The molecule has 0 saturated heterocycles. The van der Waals surface area contributed by atoms with Gasteiger partial charge in [-0.1, -0.05) is 181 Å². The number of aromatic nitrogens is 2. The highest BCUT2D eigenvalue weighted by Gasteiger charge is 2.16. The van der Waals surface area contributed by atoms with Crippen molar-refractivity contribution in [3.8, 4) is 0 Å². The van der Waals surface area contributed by atoms with Gasteiger partial charge in [0, 0.05) is 24.9 Å². The standard InChI is InChI=1S/C44H86N4O3/c1-3-5-7-9-11-13-15-17-19-21-23-25-27-29-33-48(34-30-28-26-24-22-20-18-16-14-12-10-8-6-4-2)35-31-32-36-50-37-38-51-44(49)43(45)39-42-40-46-41-47-42/h40-41,43H,3-39,45H2,1-2H3,(H,46,47). The number of aromatic amines is 1. The summed E-state index contributed by atoms with van der Waals surface area (Å²) in [5.74, 6) is -0.393. The van der Waals surface area contributed by atoms with Crippen molar-refractivity contribution in [2.45, 2.75) is 219 Å². The van der Waals surface area contributed by atoms with Gasteiger partial charge in [-0.2, -0.15) is 0 Å². The largest absolute Gasteiger partial charge is 0.462 e. The predicted octanol–water partition coefficient (Wildman–Crippen LogP) is 11.9. The second kappa shape index (κ2) is 38.3. The van der Waals surface area contributed by atoms with E-state index in [1.807, 2.05) is 0 Å². The zero-order valence-corrected chi connectivity index (χ0v) is 34.1. The van der Waals surface area contributed by atoms with E-state index in [0.29, 0.717) is 19.6 Å². The van der Waals surface area contributed by atoms with Crippen LogP contribution >= 0.6 is 0 Å². The highest BCUT2D eigenvalue weighted by molar-refractivity contribution is 5.75. The molecular formula is C44H86N4O3. The maximum atomic E-state index is 12.1. The van der Waals surface area contributed by atoms with Gasteiger partial charge in [-0.05, 0) is 45.3 Å². The Labute approximate surface area is 316 Å². The smallest absolute Gasteiger partial charge is 0.323 e. The minimum atomic E-state index is -0.684. The number of nitrogens with two attached hydrogens (primary N) is 1. The van der Waals surface area contributed by atoms with E-state index >= 15 is 0 Å². The van der Waals surface area contributed by atoms with Gasteiger partial charge in [0.05, 0.1) is 12.9 Å². The second-order valence-corrected chi connectivity index (χ2v) is 15.4. The molecule has 0 fully saturated rings. The van der Waals surface area contributed by atoms with Crippen molar-refractivity contribution in [3.63, 3.8) is 0 Å². The van der Waals surface area contributed by atoms with Crippen LogP contribution in [0.1, 0.15) is 212 Å². The molecule has 51 heavy (non-hydrogen) atoms. The quantitative estimate of drug-likeness (QED) is 0.0517. The van der Waals surface area contributed by atoms with E-state index in [9.17, 15) is 4.79 Å². The first-order valence-electron chi connectivity index (χ1n) is 22.4. The third-order valence-electron chi connectivity index (χ3n) is 10.4. The number of hydrogen-bond donors (Lipinski definition) is 2. The molecule has 1 aromatic heterocycles. The van der Waals surface area contributed by atoms with Crippen molar-refractivity contribution in [2.75, 3.05) is 39.5 Å². The molecule has 1 atom stereocenters. The third-order valence-corrected chi connectivity index (χ3v) is 10.4. The Kier molecular flexibility index (Phi) is 35.7. The van der Waals surface area contributed by atoms with Gasteiger partial charge in [0.25, 0.3) is 0 Å². The molecule has 0 aliphatic heterocycles. The van der Waals surface area contributed by atoms with Crippen LogP contribution in [0.5, 0.6) is 0 Å². The zero-order valence-electron chi connectivity index (χ0n) is 34.1. The maximum absolute atomic E-state index is 12.1. The molecule has 3 N–H and O–H groups in total. The van der Waals surface area contributed by atoms with Gasteiger partial charge in [-0.3, -0.25) is 4.79 Å². The lowest BCUT2D eigenvalue weighted by molar-refractivity contribution is -0.146. The fourth-order valence-electron chi connectivity index (χ4n) is 7.06. The summed E-state index contributed by atoms with van der Waals surface area (Å²) in [6, 6.07) is -0.684. The first-order valence-corrected chi connectivity index (χ1v) is 22.4. The molecule has 7 nitrogen and oxygen atoms in total. The van der Waals surface area contributed by atoms with Gasteiger partial charge in [0.1, 0.15) is 12.6 Å². The molecule has 0 aromatic carbocycles. The van der Waals surface area contributed by atoms with Crippen molar-refractivity contribution in [1.29, 1.82) is 0 Å². The summed E-state index contributed by atoms with van der Waals surface area (Å²) in [7, 11) is 0. The molecule has 0 amide bonds. The number of imidazole rings is 1. The zero-order chi connectivity index (χ0) is 36.7. The first kappa shape index (κ1) is 47.6.